The highest BCUT2D eigenvalue weighted by Crippen LogP contribution is 2.29. The van der Waals surface area contributed by atoms with Gasteiger partial charge in [0.2, 0.25) is 0 Å². The van der Waals surface area contributed by atoms with Crippen LogP contribution in [0.25, 0.3) is 0 Å². The van der Waals surface area contributed by atoms with Crippen molar-refractivity contribution in [3.05, 3.63) is 18.3 Å². The fraction of sp³-hybridized carbons (Fsp3) is 0.615. The molecule has 1 aliphatic carbocycles. The van der Waals surface area contributed by atoms with E-state index in [-0.39, 0.29) is 0 Å². The first-order valence-corrected chi connectivity index (χ1v) is 6.29. The smallest absolute Gasteiger partial charge is 0.168 e. The van der Waals surface area contributed by atoms with E-state index in [1.54, 1.807) is 6.20 Å². The van der Waals surface area contributed by atoms with Crippen molar-refractivity contribution < 1.29 is 9.47 Å². The Balaban J connectivity index is 1.87. The van der Waals surface area contributed by atoms with Gasteiger partial charge in [0.25, 0.3) is 0 Å². The van der Waals surface area contributed by atoms with Crippen molar-refractivity contribution in [3.8, 4) is 5.75 Å². The lowest BCUT2D eigenvalue weighted by Crippen LogP contribution is -2.41. The lowest BCUT2D eigenvalue weighted by Gasteiger charge is -2.35. The van der Waals surface area contributed by atoms with Crippen LogP contribution in [0, 0.1) is 0 Å². The van der Waals surface area contributed by atoms with Crippen LogP contribution in [0.4, 0.5) is 5.82 Å². The Morgan fingerprint density at radius 1 is 1.35 bits per heavy atom. The highest BCUT2D eigenvalue weighted by atomic mass is 16.5. The Morgan fingerprint density at radius 3 is 2.88 bits per heavy atom. The van der Waals surface area contributed by atoms with E-state index in [1.807, 2.05) is 26.0 Å². The maximum absolute atomic E-state index is 5.53. The van der Waals surface area contributed by atoms with E-state index < -0.39 is 0 Å². The molecule has 1 fully saturated rings. The van der Waals surface area contributed by atoms with Crippen molar-refractivity contribution in [2.24, 2.45) is 0 Å². The zero-order valence-corrected chi connectivity index (χ0v) is 10.5. The Morgan fingerprint density at radius 2 is 2.18 bits per heavy atom. The fourth-order valence-corrected chi connectivity index (χ4v) is 2.02. The second-order valence-electron chi connectivity index (χ2n) is 4.17. The monoisotopic (exact) mass is 236 g/mol. The van der Waals surface area contributed by atoms with Crippen LogP contribution in [0.5, 0.6) is 5.75 Å². The summed E-state index contributed by atoms with van der Waals surface area (Å²) in [5, 5.41) is 3.40. The number of nitrogens with zero attached hydrogens (tertiary/aromatic N) is 1. The van der Waals surface area contributed by atoms with Crippen LogP contribution in [0.3, 0.4) is 0 Å². The zero-order valence-electron chi connectivity index (χ0n) is 10.5. The van der Waals surface area contributed by atoms with Gasteiger partial charge in [0.05, 0.1) is 12.7 Å². The van der Waals surface area contributed by atoms with Crippen molar-refractivity contribution in [2.75, 3.05) is 18.5 Å². The normalized spacial score (nSPS) is 22.9. The number of nitrogens with one attached hydrogen (secondary N) is 1. The van der Waals surface area contributed by atoms with Gasteiger partial charge < -0.3 is 14.8 Å². The molecule has 0 unspecified atom stereocenters. The number of anilines is 1. The van der Waals surface area contributed by atoms with Gasteiger partial charge in [-0.25, -0.2) is 4.98 Å². The Bertz CT molecular complexity index is 351. The third-order valence-electron chi connectivity index (χ3n) is 2.91. The molecule has 94 valence electrons. The molecular formula is C13H20N2O2. The minimum Gasteiger partial charge on any atom is -0.490 e. The molecule has 2 rings (SSSR count). The molecule has 4 heteroatoms. The van der Waals surface area contributed by atoms with Gasteiger partial charge in [-0.3, -0.25) is 0 Å². The molecule has 1 aliphatic rings. The van der Waals surface area contributed by atoms with Crippen molar-refractivity contribution in [3.63, 3.8) is 0 Å². The number of pyridine rings is 1. The minimum absolute atomic E-state index is 0.414. The van der Waals surface area contributed by atoms with Crippen LogP contribution in [0.15, 0.2) is 18.3 Å². The average Bonchev–Trinajstić information content (AvgIpc) is 2.29. The Labute approximate surface area is 102 Å². The van der Waals surface area contributed by atoms with Gasteiger partial charge in [-0.1, -0.05) is 0 Å². The SMILES string of the molecule is CCOc1cccnc1NC1CC(OCC)C1. The molecule has 1 saturated carbocycles. The average molecular weight is 236 g/mol. The van der Waals surface area contributed by atoms with Crippen LogP contribution in [-0.4, -0.2) is 30.3 Å². The minimum atomic E-state index is 0.414. The molecule has 0 aromatic carbocycles. The molecule has 1 aromatic rings. The van der Waals surface area contributed by atoms with E-state index in [0.29, 0.717) is 18.8 Å². The lowest BCUT2D eigenvalue weighted by atomic mass is 9.89. The van der Waals surface area contributed by atoms with Gasteiger partial charge in [-0.2, -0.15) is 0 Å². The molecule has 0 amide bonds. The summed E-state index contributed by atoms with van der Waals surface area (Å²) < 4.78 is 11.1. The van der Waals surface area contributed by atoms with Gasteiger partial charge in [-0.15, -0.1) is 0 Å². The van der Waals surface area contributed by atoms with Crippen molar-refractivity contribution >= 4 is 5.82 Å². The van der Waals surface area contributed by atoms with E-state index in [9.17, 15) is 0 Å². The van der Waals surface area contributed by atoms with Crippen molar-refractivity contribution in [2.45, 2.75) is 38.8 Å². The van der Waals surface area contributed by atoms with Crippen molar-refractivity contribution in [1.29, 1.82) is 0 Å². The summed E-state index contributed by atoms with van der Waals surface area (Å²) in [6.45, 7) is 5.47. The largest absolute Gasteiger partial charge is 0.490 e. The molecule has 1 heterocycles. The summed E-state index contributed by atoms with van der Waals surface area (Å²) in [4.78, 5) is 4.31. The lowest BCUT2D eigenvalue weighted by molar-refractivity contribution is 0.00287. The van der Waals surface area contributed by atoms with E-state index in [4.69, 9.17) is 9.47 Å². The van der Waals surface area contributed by atoms with Crippen molar-refractivity contribution in [1.82, 2.24) is 4.98 Å². The molecule has 1 aromatic heterocycles. The van der Waals surface area contributed by atoms with Gasteiger partial charge in [-0.05, 0) is 38.8 Å². The standard InChI is InChI=1S/C13H20N2O2/c1-3-16-11-8-10(9-11)15-13-12(17-4-2)6-5-7-14-13/h5-7,10-11H,3-4,8-9H2,1-2H3,(H,14,15). The fourth-order valence-electron chi connectivity index (χ4n) is 2.02. The van der Waals surface area contributed by atoms with Gasteiger partial charge >= 0.3 is 0 Å². The van der Waals surface area contributed by atoms with Crippen LogP contribution in [0.2, 0.25) is 0 Å². The van der Waals surface area contributed by atoms with Gasteiger partial charge in [0.1, 0.15) is 0 Å². The quantitative estimate of drug-likeness (QED) is 0.824. The summed E-state index contributed by atoms with van der Waals surface area (Å²) >= 11 is 0. The molecular weight excluding hydrogens is 216 g/mol. The third kappa shape index (κ3) is 3.09. The number of hydrogen-bond acceptors (Lipinski definition) is 4. The molecule has 17 heavy (non-hydrogen) atoms. The molecule has 0 bridgehead atoms. The predicted molar refractivity (Wildman–Crippen MR) is 67.5 cm³/mol. The van der Waals surface area contributed by atoms with Crippen LogP contribution >= 0.6 is 0 Å². The molecule has 0 saturated heterocycles. The second-order valence-corrected chi connectivity index (χ2v) is 4.17. The maximum atomic E-state index is 5.53. The number of hydrogen-bond donors (Lipinski definition) is 1. The third-order valence-corrected chi connectivity index (χ3v) is 2.91. The topological polar surface area (TPSA) is 43.4 Å². The van der Waals surface area contributed by atoms with E-state index in [1.165, 1.54) is 0 Å². The van der Waals surface area contributed by atoms with Crippen LogP contribution in [-0.2, 0) is 4.74 Å². The number of aromatic nitrogens is 1. The van der Waals surface area contributed by atoms with Gasteiger partial charge in [0, 0.05) is 18.8 Å². The summed E-state index contributed by atoms with van der Waals surface area (Å²) in [6, 6.07) is 4.29. The Kier molecular flexibility index (Phi) is 4.20. The van der Waals surface area contributed by atoms with Crippen LogP contribution < -0.4 is 10.1 Å². The molecule has 0 spiro atoms. The first-order valence-electron chi connectivity index (χ1n) is 6.29. The highest BCUT2D eigenvalue weighted by molar-refractivity contribution is 5.50. The molecule has 0 atom stereocenters. The van der Waals surface area contributed by atoms with E-state index in [2.05, 4.69) is 10.3 Å². The maximum Gasteiger partial charge on any atom is 0.168 e. The predicted octanol–water partition coefficient (Wildman–Crippen LogP) is 2.46. The summed E-state index contributed by atoms with van der Waals surface area (Å²) in [5.74, 6) is 1.67. The number of rotatable bonds is 6. The van der Waals surface area contributed by atoms with Gasteiger partial charge in [0.15, 0.2) is 11.6 Å². The van der Waals surface area contributed by atoms with E-state index in [0.717, 1.165) is 31.0 Å². The number of ether oxygens (including phenoxy) is 2. The van der Waals surface area contributed by atoms with E-state index >= 15 is 0 Å². The molecule has 1 N–H and O–H groups in total. The Hall–Kier alpha value is -1.29. The first kappa shape index (κ1) is 12.2. The second kappa shape index (κ2) is 5.87. The zero-order chi connectivity index (χ0) is 12.1. The molecule has 0 radical (unpaired) electrons. The summed E-state index contributed by atoms with van der Waals surface area (Å²) in [7, 11) is 0. The first-order chi connectivity index (χ1) is 8.33. The highest BCUT2D eigenvalue weighted by Gasteiger charge is 2.30. The molecule has 4 nitrogen and oxygen atoms in total. The van der Waals surface area contributed by atoms with Crippen LogP contribution in [0.1, 0.15) is 26.7 Å². The summed E-state index contributed by atoms with van der Waals surface area (Å²) in [6.07, 6.45) is 4.30. The summed E-state index contributed by atoms with van der Waals surface area (Å²) in [5.41, 5.74) is 0. The molecule has 0 aliphatic heterocycles.